The SMILES string of the molecule is CCC/C(Cl)=N\OC(=O)Nc1cc(Cl)ccc1OC. The molecule has 0 atom stereocenters. The number of benzene rings is 1. The first-order valence-electron chi connectivity index (χ1n) is 5.60. The molecule has 1 aromatic carbocycles. The van der Waals surface area contributed by atoms with Gasteiger partial charge in [0.15, 0.2) is 0 Å². The van der Waals surface area contributed by atoms with Crippen LogP contribution in [0.5, 0.6) is 5.75 Å². The quantitative estimate of drug-likeness (QED) is 0.502. The Kier molecular flexibility index (Phi) is 6.45. The molecule has 1 aromatic rings. The number of rotatable bonds is 5. The number of hydrogen-bond acceptors (Lipinski definition) is 4. The molecule has 19 heavy (non-hydrogen) atoms. The maximum Gasteiger partial charge on any atom is 0.437 e. The second-order valence-electron chi connectivity index (χ2n) is 3.57. The fraction of sp³-hybridized carbons (Fsp3) is 0.333. The van der Waals surface area contributed by atoms with E-state index in [1.165, 1.54) is 7.11 Å². The van der Waals surface area contributed by atoms with Gasteiger partial charge >= 0.3 is 6.09 Å². The van der Waals surface area contributed by atoms with Crippen LogP contribution in [-0.2, 0) is 4.84 Å². The van der Waals surface area contributed by atoms with E-state index < -0.39 is 6.09 Å². The lowest BCUT2D eigenvalue weighted by Gasteiger charge is -2.08. The van der Waals surface area contributed by atoms with Crippen molar-refractivity contribution < 1.29 is 14.4 Å². The van der Waals surface area contributed by atoms with Crippen LogP contribution >= 0.6 is 23.2 Å². The Morgan fingerprint density at radius 2 is 2.21 bits per heavy atom. The molecule has 0 fully saturated rings. The molecule has 0 radical (unpaired) electrons. The smallest absolute Gasteiger partial charge is 0.437 e. The summed E-state index contributed by atoms with van der Waals surface area (Å²) in [6, 6.07) is 4.82. The van der Waals surface area contributed by atoms with E-state index in [1.807, 2.05) is 6.92 Å². The summed E-state index contributed by atoms with van der Waals surface area (Å²) in [5, 5.41) is 6.64. The zero-order chi connectivity index (χ0) is 14.3. The van der Waals surface area contributed by atoms with Gasteiger partial charge in [-0.15, -0.1) is 0 Å². The molecule has 0 saturated carbocycles. The second kappa shape index (κ2) is 7.86. The summed E-state index contributed by atoms with van der Waals surface area (Å²) in [4.78, 5) is 16.1. The molecule has 104 valence electrons. The third-order valence-electron chi connectivity index (χ3n) is 2.08. The number of anilines is 1. The second-order valence-corrected chi connectivity index (χ2v) is 4.44. The molecule has 0 heterocycles. The van der Waals surface area contributed by atoms with Crippen LogP contribution in [0.4, 0.5) is 10.5 Å². The lowest BCUT2D eigenvalue weighted by atomic mass is 10.3. The first-order chi connectivity index (χ1) is 9.06. The lowest BCUT2D eigenvalue weighted by molar-refractivity contribution is 0.166. The van der Waals surface area contributed by atoms with Crippen molar-refractivity contribution in [1.82, 2.24) is 0 Å². The monoisotopic (exact) mass is 304 g/mol. The van der Waals surface area contributed by atoms with E-state index in [9.17, 15) is 4.79 Å². The van der Waals surface area contributed by atoms with Crippen molar-refractivity contribution in [2.24, 2.45) is 5.16 Å². The van der Waals surface area contributed by atoms with E-state index in [0.29, 0.717) is 22.9 Å². The molecule has 0 saturated heterocycles. The van der Waals surface area contributed by atoms with Crippen LogP contribution < -0.4 is 10.1 Å². The first-order valence-corrected chi connectivity index (χ1v) is 6.36. The predicted molar refractivity (Wildman–Crippen MR) is 76.3 cm³/mol. The number of nitrogens with zero attached hydrogens (tertiary/aromatic N) is 1. The molecule has 0 aliphatic carbocycles. The van der Waals surface area contributed by atoms with Crippen LogP contribution in [-0.4, -0.2) is 18.4 Å². The Morgan fingerprint density at radius 3 is 2.84 bits per heavy atom. The molecule has 0 aromatic heterocycles. The zero-order valence-corrected chi connectivity index (χ0v) is 12.1. The van der Waals surface area contributed by atoms with Crippen molar-refractivity contribution in [3.63, 3.8) is 0 Å². The van der Waals surface area contributed by atoms with Crippen LogP contribution in [0.25, 0.3) is 0 Å². The summed E-state index contributed by atoms with van der Waals surface area (Å²) in [5.41, 5.74) is 0.391. The average molecular weight is 305 g/mol. The third kappa shape index (κ3) is 5.36. The van der Waals surface area contributed by atoms with E-state index in [2.05, 4.69) is 15.3 Å². The zero-order valence-electron chi connectivity index (χ0n) is 10.6. The van der Waals surface area contributed by atoms with Gasteiger partial charge in [-0.2, -0.15) is 0 Å². The Bertz CT molecular complexity index is 478. The molecule has 5 nitrogen and oxygen atoms in total. The summed E-state index contributed by atoms with van der Waals surface area (Å²) in [5.74, 6) is 0.463. The Balaban J connectivity index is 2.66. The van der Waals surface area contributed by atoms with Crippen molar-refractivity contribution in [3.05, 3.63) is 23.2 Å². The average Bonchev–Trinajstić information content (AvgIpc) is 2.37. The van der Waals surface area contributed by atoms with Gasteiger partial charge in [0, 0.05) is 11.4 Å². The van der Waals surface area contributed by atoms with Crippen molar-refractivity contribution in [2.45, 2.75) is 19.8 Å². The highest BCUT2D eigenvalue weighted by atomic mass is 35.5. The van der Waals surface area contributed by atoms with Gasteiger partial charge in [-0.1, -0.05) is 35.3 Å². The molecule has 1 N–H and O–H groups in total. The van der Waals surface area contributed by atoms with Gasteiger partial charge in [0.2, 0.25) is 0 Å². The van der Waals surface area contributed by atoms with Gasteiger partial charge in [-0.25, -0.2) is 4.79 Å². The number of halogens is 2. The highest BCUT2D eigenvalue weighted by molar-refractivity contribution is 6.65. The number of nitrogens with one attached hydrogen (secondary N) is 1. The fourth-order valence-electron chi connectivity index (χ4n) is 1.25. The number of amides is 1. The minimum Gasteiger partial charge on any atom is -0.495 e. The Labute approximate surface area is 121 Å². The molecular formula is C12H14Cl2N2O3. The van der Waals surface area contributed by atoms with E-state index in [1.54, 1.807) is 18.2 Å². The number of hydrogen-bond donors (Lipinski definition) is 1. The summed E-state index contributed by atoms with van der Waals surface area (Å²) < 4.78 is 5.07. The van der Waals surface area contributed by atoms with Crippen LogP contribution in [0, 0.1) is 0 Å². The fourth-order valence-corrected chi connectivity index (χ4v) is 1.65. The van der Waals surface area contributed by atoms with E-state index >= 15 is 0 Å². The number of carbonyl (C=O) groups excluding carboxylic acids is 1. The summed E-state index contributed by atoms with van der Waals surface area (Å²) in [7, 11) is 1.48. The number of ether oxygens (including phenoxy) is 1. The number of methoxy groups -OCH3 is 1. The van der Waals surface area contributed by atoms with E-state index in [-0.39, 0.29) is 5.17 Å². The topological polar surface area (TPSA) is 59.9 Å². The van der Waals surface area contributed by atoms with Gasteiger partial charge in [0.25, 0.3) is 0 Å². The minimum absolute atomic E-state index is 0.232. The van der Waals surface area contributed by atoms with Crippen molar-refractivity contribution in [3.8, 4) is 5.75 Å². The van der Waals surface area contributed by atoms with E-state index in [4.69, 9.17) is 27.9 Å². The molecule has 1 amide bonds. The molecular weight excluding hydrogens is 291 g/mol. The Hall–Kier alpha value is -1.46. The third-order valence-corrected chi connectivity index (χ3v) is 2.58. The van der Waals surface area contributed by atoms with Gasteiger partial charge in [-0.05, 0) is 24.6 Å². The number of oxime groups is 1. The number of carbonyl (C=O) groups is 1. The van der Waals surface area contributed by atoms with Crippen LogP contribution in [0.15, 0.2) is 23.4 Å². The first kappa shape index (κ1) is 15.6. The van der Waals surface area contributed by atoms with Gasteiger partial charge in [0.05, 0.1) is 12.8 Å². The highest BCUT2D eigenvalue weighted by Crippen LogP contribution is 2.27. The Morgan fingerprint density at radius 1 is 1.47 bits per heavy atom. The normalized spacial score (nSPS) is 11.1. The molecule has 1 rings (SSSR count). The van der Waals surface area contributed by atoms with Gasteiger partial charge < -0.3 is 4.74 Å². The van der Waals surface area contributed by atoms with Crippen molar-refractivity contribution in [1.29, 1.82) is 0 Å². The van der Waals surface area contributed by atoms with Crippen molar-refractivity contribution >= 4 is 40.2 Å². The van der Waals surface area contributed by atoms with Crippen LogP contribution in [0.1, 0.15) is 19.8 Å². The molecule has 0 bridgehead atoms. The summed E-state index contributed by atoms with van der Waals surface area (Å²) in [6.45, 7) is 1.94. The molecule has 0 aliphatic heterocycles. The van der Waals surface area contributed by atoms with Crippen LogP contribution in [0.3, 0.4) is 0 Å². The highest BCUT2D eigenvalue weighted by Gasteiger charge is 2.09. The van der Waals surface area contributed by atoms with Crippen LogP contribution in [0.2, 0.25) is 5.02 Å². The minimum atomic E-state index is -0.769. The van der Waals surface area contributed by atoms with E-state index in [0.717, 1.165) is 6.42 Å². The van der Waals surface area contributed by atoms with Gasteiger partial charge in [0.1, 0.15) is 10.9 Å². The van der Waals surface area contributed by atoms with Gasteiger partial charge in [-0.3, -0.25) is 10.2 Å². The largest absolute Gasteiger partial charge is 0.495 e. The molecule has 0 unspecified atom stereocenters. The molecule has 7 heteroatoms. The summed E-state index contributed by atoms with van der Waals surface area (Å²) >= 11 is 11.5. The van der Waals surface area contributed by atoms with Crippen molar-refractivity contribution in [2.75, 3.05) is 12.4 Å². The standard InChI is InChI=1S/C12H14Cl2N2O3/c1-3-4-11(14)16-19-12(17)15-9-7-8(13)5-6-10(9)18-2/h5-7H,3-4H2,1-2H3,(H,15,17)/b16-11+. The molecule has 0 spiro atoms. The summed E-state index contributed by atoms with van der Waals surface area (Å²) in [6.07, 6.45) is 0.597. The maximum absolute atomic E-state index is 11.5. The lowest BCUT2D eigenvalue weighted by Crippen LogP contribution is -2.12. The maximum atomic E-state index is 11.5. The molecule has 0 aliphatic rings. The predicted octanol–water partition coefficient (Wildman–Crippen LogP) is 4.25.